The summed E-state index contributed by atoms with van der Waals surface area (Å²) in [5, 5.41) is 9.98. The van der Waals surface area contributed by atoms with Gasteiger partial charge in [0.1, 0.15) is 5.71 Å². The molecule has 0 aliphatic carbocycles. The summed E-state index contributed by atoms with van der Waals surface area (Å²) in [6, 6.07) is 19.5. The maximum absolute atomic E-state index is 6.52. The van der Waals surface area contributed by atoms with Crippen LogP contribution < -0.4 is 0 Å². The summed E-state index contributed by atoms with van der Waals surface area (Å²) in [6.07, 6.45) is -0.904. The smallest absolute Gasteiger partial charge is 0.318 e. The standard InChI is InChI=1S/C24H16Cl4N2O4/c1-31-23-20(21(29-33-23)18-14(25)9-5-10-15(18)26)24(13-7-3-2-4-8-13)32-22(30-34-24)19-16(27)11-6-12-17(19)28/h2-12,20,23H,1H3/t20-,23-,24?/m0/s1. The molecule has 0 N–H and O–H groups in total. The topological polar surface area (TPSA) is 61.6 Å². The van der Waals surface area contributed by atoms with E-state index in [0.29, 0.717) is 42.5 Å². The van der Waals surface area contributed by atoms with Crippen molar-refractivity contribution in [2.75, 3.05) is 7.11 Å². The van der Waals surface area contributed by atoms with Gasteiger partial charge in [-0.25, -0.2) is 0 Å². The Labute approximate surface area is 215 Å². The Kier molecular flexibility index (Phi) is 6.35. The van der Waals surface area contributed by atoms with Gasteiger partial charge >= 0.3 is 5.79 Å². The summed E-state index contributed by atoms with van der Waals surface area (Å²) in [7, 11) is 1.49. The van der Waals surface area contributed by atoms with E-state index in [9.17, 15) is 0 Å². The lowest BCUT2D eigenvalue weighted by Crippen LogP contribution is -2.47. The molecule has 2 aliphatic heterocycles. The van der Waals surface area contributed by atoms with Gasteiger partial charge < -0.3 is 19.1 Å². The quantitative estimate of drug-likeness (QED) is 0.355. The molecular formula is C24H16Cl4N2O4. The molecule has 0 saturated heterocycles. The van der Waals surface area contributed by atoms with Crippen molar-refractivity contribution in [2.24, 2.45) is 16.2 Å². The van der Waals surface area contributed by atoms with Gasteiger partial charge in [0.15, 0.2) is 5.92 Å². The molecule has 0 saturated carbocycles. The normalized spacial score (nSPS) is 23.6. The Hall–Kier alpha value is -2.48. The number of methoxy groups -OCH3 is 1. The SMILES string of the molecule is CO[C@H]1ON=C(c2c(Cl)cccc2Cl)[C@@H]1C1(c2ccccc2)ON=C(c2c(Cl)cccc2Cl)O1. The third-order valence-corrected chi connectivity index (χ3v) is 6.81. The number of halogens is 4. The average Bonchev–Trinajstić information content (AvgIpc) is 3.45. The van der Waals surface area contributed by atoms with Gasteiger partial charge in [0.05, 0.1) is 25.7 Å². The van der Waals surface area contributed by atoms with Gasteiger partial charge in [-0.1, -0.05) is 94.0 Å². The highest BCUT2D eigenvalue weighted by Gasteiger charge is 2.60. The van der Waals surface area contributed by atoms with Crippen molar-refractivity contribution in [3.8, 4) is 0 Å². The number of oxime groups is 2. The van der Waals surface area contributed by atoms with E-state index in [4.69, 9.17) is 65.6 Å². The van der Waals surface area contributed by atoms with E-state index >= 15 is 0 Å². The molecule has 34 heavy (non-hydrogen) atoms. The summed E-state index contributed by atoms with van der Waals surface area (Å²) in [4.78, 5) is 11.7. The largest absolute Gasteiger partial charge is 0.425 e. The molecule has 3 atom stereocenters. The van der Waals surface area contributed by atoms with Crippen LogP contribution in [0.15, 0.2) is 77.0 Å². The first kappa shape index (κ1) is 23.3. The van der Waals surface area contributed by atoms with E-state index in [1.54, 1.807) is 36.4 Å². The number of nitrogens with zero attached hydrogens (tertiary/aromatic N) is 2. The molecule has 10 heteroatoms. The van der Waals surface area contributed by atoms with E-state index in [2.05, 4.69) is 10.3 Å². The van der Waals surface area contributed by atoms with Crippen LogP contribution in [0.3, 0.4) is 0 Å². The summed E-state index contributed by atoms with van der Waals surface area (Å²) < 4.78 is 12.1. The molecule has 2 aliphatic rings. The Balaban J connectivity index is 1.67. The van der Waals surface area contributed by atoms with Crippen molar-refractivity contribution in [1.29, 1.82) is 0 Å². The fourth-order valence-corrected chi connectivity index (χ4v) is 5.16. The van der Waals surface area contributed by atoms with Crippen LogP contribution in [0.25, 0.3) is 0 Å². The zero-order chi connectivity index (χ0) is 23.9. The molecule has 1 unspecified atom stereocenters. The lowest BCUT2D eigenvalue weighted by Gasteiger charge is -2.34. The van der Waals surface area contributed by atoms with Crippen LogP contribution in [-0.4, -0.2) is 25.0 Å². The first-order chi connectivity index (χ1) is 16.5. The molecule has 5 rings (SSSR count). The predicted molar refractivity (Wildman–Crippen MR) is 132 cm³/mol. The van der Waals surface area contributed by atoms with Gasteiger partial charge in [0, 0.05) is 18.2 Å². The molecule has 3 aromatic rings. The lowest BCUT2D eigenvalue weighted by molar-refractivity contribution is -0.244. The number of rotatable bonds is 5. The molecule has 0 aromatic heterocycles. The summed E-state index contributed by atoms with van der Waals surface area (Å²) in [5.41, 5.74) is 1.88. The van der Waals surface area contributed by atoms with E-state index in [1.807, 2.05) is 30.3 Å². The highest BCUT2D eigenvalue weighted by Crippen LogP contribution is 2.48. The summed E-state index contributed by atoms with van der Waals surface area (Å²) in [6.45, 7) is 0. The van der Waals surface area contributed by atoms with E-state index < -0.39 is 18.0 Å². The predicted octanol–water partition coefficient (Wildman–Crippen LogP) is 6.88. The number of hydrogen-bond donors (Lipinski definition) is 0. The van der Waals surface area contributed by atoms with Crippen LogP contribution in [0.4, 0.5) is 0 Å². The highest BCUT2D eigenvalue weighted by atomic mass is 35.5. The average molecular weight is 538 g/mol. The molecule has 2 heterocycles. The molecule has 0 fully saturated rings. The molecule has 174 valence electrons. The Bertz CT molecular complexity index is 1260. The number of ether oxygens (including phenoxy) is 2. The minimum absolute atomic E-state index is 0.103. The van der Waals surface area contributed by atoms with Crippen molar-refractivity contribution in [3.63, 3.8) is 0 Å². The molecule has 0 amide bonds. The van der Waals surface area contributed by atoms with Crippen LogP contribution in [0.2, 0.25) is 20.1 Å². The first-order valence-corrected chi connectivity index (χ1v) is 11.6. The van der Waals surface area contributed by atoms with Crippen molar-refractivity contribution in [2.45, 2.75) is 12.1 Å². The lowest BCUT2D eigenvalue weighted by atomic mass is 9.84. The molecule has 3 aromatic carbocycles. The number of benzene rings is 3. The van der Waals surface area contributed by atoms with Gasteiger partial charge in [-0.05, 0) is 29.4 Å². The second-order valence-electron chi connectivity index (χ2n) is 7.48. The van der Waals surface area contributed by atoms with E-state index in [-0.39, 0.29) is 5.90 Å². The van der Waals surface area contributed by atoms with Gasteiger partial charge in [-0.3, -0.25) is 0 Å². The monoisotopic (exact) mass is 536 g/mol. The van der Waals surface area contributed by atoms with Crippen molar-refractivity contribution in [3.05, 3.63) is 104 Å². The van der Waals surface area contributed by atoms with Crippen LogP contribution in [-0.2, 0) is 24.9 Å². The summed E-state index contributed by atoms with van der Waals surface area (Å²) >= 11 is 25.9. The van der Waals surface area contributed by atoms with Crippen molar-refractivity contribution in [1.82, 2.24) is 0 Å². The summed E-state index contributed by atoms with van der Waals surface area (Å²) in [5.74, 6) is -2.25. The van der Waals surface area contributed by atoms with Gasteiger partial charge in [0.25, 0.3) is 5.90 Å². The molecule has 0 radical (unpaired) electrons. The highest BCUT2D eigenvalue weighted by molar-refractivity contribution is 6.41. The Morgan fingerprint density at radius 3 is 1.94 bits per heavy atom. The van der Waals surface area contributed by atoms with Crippen molar-refractivity contribution < 1.29 is 19.1 Å². The third-order valence-electron chi connectivity index (χ3n) is 5.55. The first-order valence-electron chi connectivity index (χ1n) is 10.1. The minimum Gasteiger partial charge on any atom is -0.425 e. The van der Waals surface area contributed by atoms with E-state index in [1.165, 1.54) is 7.11 Å². The molecule has 0 spiro atoms. The Morgan fingerprint density at radius 2 is 1.35 bits per heavy atom. The van der Waals surface area contributed by atoms with Gasteiger partial charge in [0.2, 0.25) is 6.29 Å². The zero-order valence-electron chi connectivity index (χ0n) is 17.5. The fourth-order valence-electron chi connectivity index (χ4n) is 4.01. The number of hydrogen-bond acceptors (Lipinski definition) is 6. The second-order valence-corrected chi connectivity index (χ2v) is 9.11. The van der Waals surface area contributed by atoms with Crippen LogP contribution in [0.1, 0.15) is 16.7 Å². The zero-order valence-corrected chi connectivity index (χ0v) is 20.6. The minimum atomic E-state index is -1.56. The second kappa shape index (κ2) is 9.29. The van der Waals surface area contributed by atoms with Crippen molar-refractivity contribution >= 4 is 58.0 Å². The van der Waals surface area contributed by atoms with Crippen LogP contribution in [0, 0.1) is 5.92 Å². The van der Waals surface area contributed by atoms with Gasteiger partial charge in [-0.15, -0.1) is 0 Å². The third kappa shape index (κ3) is 3.80. The van der Waals surface area contributed by atoms with Crippen LogP contribution in [0.5, 0.6) is 0 Å². The van der Waals surface area contributed by atoms with E-state index in [0.717, 1.165) is 0 Å². The van der Waals surface area contributed by atoms with Crippen LogP contribution >= 0.6 is 46.4 Å². The maximum Gasteiger partial charge on any atom is 0.318 e. The van der Waals surface area contributed by atoms with Gasteiger partial charge in [-0.2, -0.15) is 0 Å². The molecule has 0 bridgehead atoms. The fraction of sp³-hybridized carbons (Fsp3) is 0.167. The maximum atomic E-state index is 6.52. The molecule has 6 nitrogen and oxygen atoms in total. The Morgan fingerprint density at radius 1 is 0.765 bits per heavy atom. The molecular weight excluding hydrogens is 522 g/mol.